The predicted octanol–water partition coefficient (Wildman–Crippen LogP) is 2.83. The molecule has 0 aliphatic carbocycles. The molecule has 1 N–H and O–H groups in total. The van der Waals surface area contributed by atoms with E-state index >= 15 is 0 Å². The number of benzene rings is 2. The Morgan fingerprint density at radius 3 is 2.25 bits per heavy atom. The molecule has 1 atom stereocenters. The minimum Gasteiger partial charge on any atom is -0.457 e. The molecule has 2 aromatic carbocycles. The summed E-state index contributed by atoms with van der Waals surface area (Å²) in [5, 5.41) is 11.2. The largest absolute Gasteiger partial charge is 0.457 e. The van der Waals surface area contributed by atoms with Crippen LogP contribution in [0.1, 0.15) is 10.4 Å². The van der Waals surface area contributed by atoms with E-state index in [1.165, 1.54) is 37.4 Å². The normalized spacial score (nSPS) is 11.2. The van der Waals surface area contributed by atoms with Gasteiger partial charge in [-0.15, -0.1) is 0 Å². The van der Waals surface area contributed by atoms with Crippen molar-refractivity contribution in [3.05, 3.63) is 59.7 Å². The molecule has 7 heteroatoms. The first kappa shape index (κ1) is 17.1. The molecule has 2 aromatic rings. The molecule has 0 aromatic heterocycles. The highest BCUT2D eigenvalue weighted by Crippen LogP contribution is 2.24. The number of carbonyl (C=O) groups is 2. The molecular weight excluding hydrogens is 318 g/mol. The van der Waals surface area contributed by atoms with Crippen molar-refractivity contribution in [1.29, 1.82) is 5.26 Å². The van der Waals surface area contributed by atoms with E-state index in [-0.39, 0.29) is 17.1 Å². The van der Waals surface area contributed by atoms with Gasteiger partial charge in [0.2, 0.25) is 5.91 Å². The quantitative estimate of drug-likeness (QED) is 0.675. The Balaban J connectivity index is 2.15. The second-order valence-electron chi connectivity index (χ2n) is 4.74. The Bertz CT molecular complexity index is 814. The fourth-order valence-corrected chi connectivity index (χ4v) is 1.91. The number of ether oxygens (including phenoxy) is 1. The Hall–Kier alpha value is -3.27. The summed E-state index contributed by atoms with van der Waals surface area (Å²) in [5.74, 6) is -4.42. The van der Waals surface area contributed by atoms with Crippen LogP contribution in [0.3, 0.4) is 0 Å². The summed E-state index contributed by atoms with van der Waals surface area (Å²) in [6.07, 6.45) is 0. The van der Waals surface area contributed by atoms with Crippen LogP contribution in [0.15, 0.2) is 42.5 Å². The number of nitrogens with one attached hydrogen (secondary N) is 1. The van der Waals surface area contributed by atoms with Gasteiger partial charge in [0, 0.05) is 18.7 Å². The van der Waals surface area contributed by atoms with Gasteiger partial charge in [-0.05, 0) is 36.4 Å². The number of nitrogens with zero attached hydrogens (tertiary/aromatic N) is 1. The van der Waals surface area contributed by atoms with Gasteiger partial charge in [0.1, 0.15) is 11.5 Å². The molecule has 0 heterocycles. The van der Waals surface area contributed by atoms with E-state index in [0.29, 0.717) is 0 Å². The molecule has 0 unspecified atom stereocenters. The van der Waals surface area contributed by atoms with Gasteiger partial charge in [0.25, 0.3) is 0 Å². The van der Waals surface area contributed by atoms with Gasteiger partial charge in [0.05, 0.1) is 6.07 Å². The topological polar surface area (TPSA) is 79.2 Å². The Morgan fingerprint density at radius 2 is 1.71 bits per heavy atom. The molecule has 0 spiro atoms. The summed E-state index contributed by atoms with van der Waals surface area (Å²) in [5.41, 5.74) is 0.155. The molecule has 0 fully saturated rings. The van der Waals surface area contributed by atoms with Crippen LogP contribution in [0.25, 0.3) is 0 Å². The van der Waals surface area contributed by atoms with Gasteiger partial charge in [-0.25, -0.2) is 8.78 Å². The Morgan fingerprint density at radius 1 is 1.08 bits per heavy atom. The molecule has 0 saturated heterocycles. The van der Waals surface area contributed by atoms with E-state index in [9.17, 15) is 18.4 Å². The number of nitriles is 1. The molecule has 0 radical (unpaired) electrons. The third kappa shape index (κ3) is 3.73. The fourth-order valence-electron chi connectivity index (χ4n) is 1.91. The standard InChI is InChI=1S/C17H12F2N2O3/c1-21-17(23)13(9-20)16(22)10-2-4-11(5-3-10)24-12-6-7-14(18)15(19)8-12/h2-8,13H,1H3,(H,21,23)/t13-/m1/s1. The molecular formula is C17H12F2N2O3. The zero-order valence-corrected chi connectivity index (χ0v) is 12.5. The molecule has 122 valence electrons. The van der Waals surface area contributed by atoms with Crippen LogP contribution in [-0.2, 0) is 4.79 Å². The van der Waals surface area contributed by atoms with Crippen molar-refractivity contribution in [2.75, 3.05) is 7.05 Å². The highest BCUT2D eigenvalue weighted by Gasteiger charge is 2.26. The molecule has 0 aliphatic rings. The van der Waals surface area contributed by atoms with E-state index in [1.54, 1.807) is 6.07 Å². The average Bonchev–Trinajstić information content (AvgIpc) is 2.59. The lowest BCUT2D eigenvalue weighted by molar-refractivity contribution is -0.121. The molecule has 24 heavy (non-hydrogen) atoms. The average molecular weight is 330 g/mol. The number of Topliss-reactive ketones (excluding diaryl/α,β-unsaturated/α-hetero) is 1. The summed E-state index contributed by atoms with van der Waals surface area (Å²) in [4.78, 5) is 23.6. The number of hydrogen-bond donors (Lipinski definition) is 1. The van der Waals surface area contributed by atoms with Crippen molar-refractivity contribution in [1.82, 2.24) is 5.32 Å². The number of rotatable bonds is 5. The van der Waals surface area contributed by atoms with E-state index < -0.39 is 29.2 Å². The first-order chi connectivity index (χ1) is 11.5. The third-order valence-corrected chi connectivity index (χ3v) is 3.17. The van der Waals surface area contributed by atoms with Gasteiger partial charge in [0.15, 0.2) is 23.3 Å². The molecule has 0 aliphatic heterocycles. The monoisotopic (exact) mass is 330 g/mol. The van der Waals surface area contributed by atoms with Crippen molar-refractivity contribution >= 4 is 11.7 Å². The van der Waals surface area contributed by atoms with E-state index in [2.05, 4.69) is 5.32 Å². The smallest absolute Gasteiger partial charge is 0.245 e. The second kappa shape index (κ2) is 7.33. The minimum atomic E-state index is -1.44. The number of halogens is 2. The van der Waals surface area contributed by atoms with Gasteiger partial charge >= 0.3 is 0 Å². The summed E-state index contributed by atoms with van der Waals surface area (Å²) in [6, 6.07) is 10.3. The van der Waals surface area contributed by atoms with Crippen LogP contribution in [-0.4, -0.2) is 18.7 Å². The Kier molecular flexibility index (Phi) is 5.22. The maximum absolute atomic E-state index is 13.1. The van der Waals surface area contributed by atoms with Gasteiger partial charge in [-0.2, -0.15) is 5.26 Å². The van der Waals surface area contributed by atoms with Crippen LogP contribution in [0.2, 0.25) is 0 Å². The first-order valence-electron chi connectivity index (χ1n) is 6.84. The Labute approximate surface area is 136 Å². The highest BCUT2D eigenvalue weighted by atomic mass is 19.2. The minimum absolute atomic E-state index is 0.0910. The zero-order chi connectivity index (χ0) is 17.7. The van der Waals surface area contributed by atoms with E-state index in [4.69, 9.17) is 10.00 Å². The molecule has 1 amide bonds. The maximum Gasteiger partial charge on any atom is 0.245 e. The molecule has 2 rings (SSSR count). The van der Waals surface area contributed by atoms with Gasteiger partial charge < -0.3 is 10.1 Å². The molecule has 5 nitrogen and oxygen atoms in total. The fraction of sp³-hybridized carbons (Fsp3) is 0.118. The van der Waals surface area contributed by atoms with Crippen molar-refractivity contribution in [3.63, 3.8) is 0 Å². The van der Waals surface area contributed by atoms with E-state index in [1.807, 2.05) is 0 Å². The summed E-state index contributed by atoms with van der Waals surface area (Å²) >= 11 is 0. The van der Waals surface area contributed by atoms with Crippen LogP contribution in [0, 0.1) is 28.9 Å². The number of carbonyl (C=O) groups excluding carboxylic acids is 2. The number of amides is 1. The lowest BCUT2D eigenvalue weighted by atomic mass is 9.98. The highest BCUT2D eigenvalue weighted by molar-refractivity contribution is 6.12. The van der Waals surface area contributed by atoms with Crippen molar-refractivity contribution in [3.8, 4) is 17.6 Å². The van der Waals surface area contributed by atoms with Crippen LogP contribution >= 0.6 is 0 Å². The SMILES string of the molecule is CNC(=O)[C@H](C#N)C(=O)c1ccc(Oc2ccc(F)c(F)c2)cc1. The lowest BCUT2D eigenvalue weighted by Gasteiger charge is -2.09. The number of hydrogen-bond acceptors (Lipinski definition) is 4. The zero-order valence-electron chi connectivity index (χ0n) is 12.5. The number of ketones is 1. The van der Waals surface area contributed by atoms with Gasteiger partial charge in [-0.1, -0.05) is 0 Å². The van der Waals surface area contributed by atoms with Crippen LogP contribution in [0.4, 0.5) is 8.78 Å². The van der Waals surface area contributed by atoms with Crippen LogP contribution < -0.4 is 10.1 Å². The summed E-state index contributed by atoms with van der Waals surface area (Å²) in [7, 11) is 1.33. The summed E-state index contributed by atoms with van der Waals surface area (Å²) in [6.45, 7) is 0. The molecule has 0 bridgehead atoms. The second-order valence-corrected chi connectivity index (χ2v) is 4.74. The maximum atomic E-state index is 13.1. The van der Waals surface area contributed by atoms with Gasteiger partial charge in [-0.3, -0.25) is 9.59 Å². The lowest BCUT2D eigenvalue weighted by Crippen LogP contribution is -2.32. The molecule has 0 saturated carbocycles. The summed E-state index contributed by atoms with van der Waals surface area (Å²) < 4.78 is 31.3. The third-order valence-electron chi connectivity index (χ3n) is 3.17. The van der Waals surface area contributed by atoms with Crippen molar-refractivity contribution in [2.45, 2.75) is 0 Å². The van der Waals surface area contributed by atoms with Crippen molar-refractivity contribution < 1.29 is 23.1 Å². The van der Waals surface area contributed by atoms with E-state index in [0.717, 1.165) is 12.1 Å². The van der Waals surface area contributed by atoms with Crippen molar-refractivity contribution in [2.24, 2.45) is 5.92 Å². The van der Waals surface area contributed by atoms with Crippen LogP contribution in [0.5, 0.6) is 11.5 Å². The first-order valence-corrected chi connectivity index (χ1v) is 6.84. The predicted molar refractivity (Wildman–Crippen MR) is 80.4 cm³/mol.